The van der Waals surface area contributed by atoms with E-state index in [1.54, 1.807) is 0 Å². The van der Waals surface area contributed by atoms with Crippen LogP contribution < -0.4 is 0 Å². The van der Waals surface area contributed by atoms with Gasteiger partial charge in [0.1, 0.15) is 5.56 Å². The molecule has 0 heterocycles. The molecule has 0 fully saturated rings. The molecule has 0 aromatic heterocycles. The average Bonchev–Trinajstić information content (AvgIpc) is 2.52. The molecule has 0 spiro atoms. The van der Waals surface area contributed by atoms with Crippen molar-refractivity contribution in [3.05, 3.63) is 74.8 Å². The van der Waals surface area contributed by atoms with Crippen LogP contribution in [0.4, 0.5) is 5.69 Å². The van der Waals surface area contributed by atoms with Crippen molar-refractivity contribution in [3.8, 4) is 11.8 Å². The van der Waals surface area contributed by atoms with Crippen LogP contribution in [0.25, 0.3) is 0 Å². The molecular formula is C16H9NO6. The number of carboxylic acid groups (broad SMARTS) is 2. The van der Waals surface area contributed by atoms with E-state index in [4.69, 9.17) is 10.2 Å². The summed E-state index contributed by atoms with van der Waals surface area (Å²) in [6, 6.07) is 9.14. The summed E-state index contributed by atoms with van der Waals surface area (Å²) in [5, 5.41) is 28.7. The third-order valence-electron chi connectivity index (χ3n) is 2.91. The van der Waals surface area contributed by atoms with E-state index >= 15 is 0 Å². The first kappa shape index (κ1) is 15.7. The highest BCUT2D eigenvalue weighted by Crippen LogP contribution is 2.19. The average molecular weight is 311 g/mol. The van der Waals surface area contributed by atoms with E-state index < -0.39 is 22.5 Å². The van der Waals surface area contributed by atoms with Gasteiger partial charge in [0.15, 0.2) is 0 Å². The first-order chi connectivity index (χ1) is 10.9. The highest BCUT2D eigenvalue weighted by molar-refractivity contribution is 5.89. The Labute approximate surface area is 130 Å². The van der Waals surface area contributed by atoms with Crippen LogP contribution in [0.5, 0.6) is 0 Å². The third-order valence-corrected chi connectivity index (χ3v) is 2.91. The Morgan fingerprint density at radius 1 is 0.913 bits per heavy atom. The van der Waals surface area contributed by atoms with Crippen LogP contribution in [0, 0.1) is 22.0 Å². The lowest BCUT2D eigenvalue weighted by Gasteiger charge is -1.98. The molecule has 0 aliphatic rings. The smallest absolute Gasteiger partial charge is 0.335 e. The normalized spacial score (nSPS) is 9.57. The van der Waals surface area contributed by atoms with E-state index in [0.717, 1.165) is 6.07 Å². The maximum absolute atomic E-state index is 11.0. The summed E-state index contributed by atoms with van der Waals surface area (Å²) in [4.78, 5) is 31.9. The molecule has 0 saturated carbocycles. The van der Waals surface area contributed by atoms with E-state index in [1.165, 1.54) is 36.4 Å². The molecule has 0 saturated heterocycles. The molecule has 23 heavy (non-hydrogen) atoms. The first-order valence-corrected chi connectivity index (χ1v) is 6.25. The number of benzene rings is 2. The molecule has 7 heteroatoms. The molecule has 0 amide bonds. The van der Waals surface area contributed by atoms with Crippen LogP contribution in [0.15, 0.2) is 42.5 Å². The summed E-state index contributed by atoms with van der Waals surface area (Å²) in [6.45, 7) is 0. The van der Waals surface area contributed by atoms with E-state index in [0.29, 0.717) is 5.56 Å². The van der Waals surface area contributed by atoms with Crippen molar-refractivity contribution in [1.29, 1.82) is 0 Å². The minimum Gasteiger partial charge on any atom is -0.478 e. The summed E-state index contributed by atoms with van der Waals surface area (Å²) < 4.78 is 0. The largest absolute Gasteiger partial charge is 0.478 e. The Morgan fingerprint density at radius 2 is 1.48 bits per heavy atom. The van der Waals surface area contributed by atoms with Crippen LogP contribution in [0.2, 0.25) is 0 Å². The van der Waals surface area contributed by atoms with Gasteiger partial charge >= 0.3 is 11.9 Å². The van der Waals surface area contributed by atoms with E-state index in [1.807, 2.05) is 0 Å². The lowest BCUT2D eigenvalue weighted by molar-refractivity contribution is -0.385. The van der Waals surface area contributed by atoms with E-state index in [9.17, 15) is 19.7 Å². The van der Waals surface area contributed by atoms with Gasteiger partial charge in [-0.05, 0) is 36.4 Å². The number of hydrogen-bond donors (Lipinski definition) is 2. The number of nitro benzene ring substituents is 1. The van der Waals surface area contributed by atoms with Crippen molar-refractivity contribution in [3.63, 3.8) is 0 Å². The van der Waals surface area contributed by atoms with Crippen molar-refractivity contribution in [2.24, 2.45) is 0 Å². The number of nitrogens with zero attached hydrogens (tertiary/aromatic N) is 1. The van der Waals surface area contributed by atoms with Gasteiger partial charge in [0, 0.05) is 11.6 Å². The van der Waals surface area contributed by atoms with Crippen LogP contribution >= 0.6 is 0 Å². The second kappa shape index (κ2) is 6.41. The summed E-state index contributed by atoms with van der Waals surface area (Å²) in [7, 11) is 0. The summed E-state index contributed by atoms with van der Waals surface area (Å²) >= 11 is 0. The fourth-order valence-corrected chi connectivity index (χ4v) is 1.76. The van der Waals surface area contributed by atoms with Crippen molar-refractivity contribution in [2.45, 2.75) is 0 Å². The Kier molecular flexibility index (Phi) is 4.38. The van der Waals surface area contributed by atoms with Gasteiger partial charge in [-0.1, -0.05) is 11.8 Å². The number of nitro groups is 1. The zero-order chi connectivity index (χ0) is 17.0. The van der Waals surface area contributed by atoms with Crippen LogP contribution in [0.3, 0.4) is 0 Å². The van der Waals surface area contributed by atoms with Gasteiger partial charge < -0.3 is 10.2 Å². The SMILES string of the molecule is O=C(O)c1ccc(C#Cc2ccc(C(=O)O)cc2[N+](=O)[O-])cc1. The van der Waals surface area contributed by atoms with Gasteiger partial charge in [-0.3, -0.25) is 10.1 Å². The molecule has 0 unspecified atom stereocenters. The molecule has 0 aliphatic carbocycles. The van der Waals surface area contributed by atoms with Crippen molar-refractivity contribution in [1.82, 2.24) is 0 Å². The Hall–Kier alpha value is -3.66. The van der Waals surface area contributed by atoms with Crippen molar-refractivity contribution >= 4 is 17.6 Å². The van der Waals surface area contributed by atoms with Crippen molar-refractivity contribution < 1.29 is 24.7 Å². The molecule has 0 atom stereocenters. The Morgan fingerprint density at radius 3 is 2.00 bits per heavy atom. The molecule has 2 rings (SSSR count). The molecule has 2 aromatic carbocycles. The zero-order valence-corrected chi connectivity index (χ0v) is 11.5. The lowest BCUT2D eigenvalue weighted by Crippen LogP contribution is -2.00. The molecule has 0 bridgehead atoms. The second-order valence-electron chi connectivity index (χ2n) is 4.43. The standard InChI is InChI=1S/C16H9NO6/c18-15(19)12-5-2-10(3-6-12)1-4-11-7-8-13(16(20)21)9-14(11)17(22)23/h2-3,5-9H,(H,18,19)(H,20,21). The molecule has 0 aliphatic heterocycles. The second-order valence-corrected chi connectivity index (χ2v) is 4.43. The third kappa shape index (κ3) is 3.71. The maximum Gasteiger partial charge on any atom is 0.335 e. The molecular weight excluding hydrogens is 302 g/mol. The van der Waals surface area contributed by atoms with Crippen LogP contribution in [-0.4, -0.2) is 27.1 Å². The summed E-state index contributed by atoms with van der Waals surface area (Å²) in [5.74, 6) is 2.94. The maximum atomic E-state index is 11.0. The van der Waals surface area contributed by atoms with E-state index in [-0.39, 0.29) is 16.7 Å². The lowest BCUT2D eigenvalue weighted by atomic mass is 10.1. The Bertz CT molecular complexity index is 858. The monoisotopic (exact) mass is 311 g/mol. The molecule has 114 valence electrons. The molecule has 7 nitrogen and oxygen atoms in total. The predicted octanol–water partition coefficient (Wildman–Crippen LogP) is 2.39. The minimum atomic E-state index is -1.27. The van der Waals surface area contributed by atoms with Gasteiger partial charge in [-0.25, -0.2) is 9.59 Å². The van der Waals surface area contributed by atoms with Crippen LogP contribution in [0.1, 0.15) is 31.8 Å². The fraction of sp³-hybridized carbons (Fsp3) is 0. The Balaban J connectivity index is 2.38. The molecule has 2 N–H and O–H groups in total. The topological polar surface area (TPSA) is 118 Å². The number of hydrogen-bond acceptors (Lipinski definition) is 4. The number of rotatable bonds is 3. The van der Waals surface area contributed by atoms with Crippen LogP contribution in [-0.2, 0) is 0 Å². The summed E-state index contributed by atoms with van der Waals surface area (Å²) in [6.07, 6.45) is 0. The van der Waals surface area contributed by atoms with Gasteiger partial charge in [0.25, 0.3) is 5.69 Å². The number of carboxylic acids is 2. The number of carbonyl (C=O) groups is 2. The van der Waals surface area contributed by atoms with E-state index in [2.05, 4.69) is 11.8 Å². The van der Waals surface area contributed by atoms with Gasteiger partial charge in [-0.2, -0.15) is 0 Å². The molecule has 0 radical (unpaired) electrons. The highest BCUT2D eigenvalue weighted by atomic mass is 16.6. The highest BCUT2D eigenvalue weighted by Gasteiger charge is 2.15. The minimum absolute atomic E-state index is 0.0716. The first-order valence-electron chi connectivity index (χ1n) is 6.25. The summed E-state index contributed by atoms with van der Waals surface area (Å²) in [5.41, 5.74) is 0.0499. The zero-order valence-electron chi connectivity index (χ0n) is 11.5. The van der Waals surface area contributed by atoms with Crippen molar-refractivity contribution in [2.75, 3.05) is 0 Å². The quantitative estimate of drug-likeness (QED) is 0.510. The van der Waals surface area contributed by atoms with Gasteiger partial charge in [0.2, 0.25) is 0 Å². The fourth-order valence-electron chi connectivity index (χ4n) is 1.76. The van der Waals surface area contributed by atoms with Gasteiger partial charge in [0.05, 0.1) is 16.1 Å². The molecule has 2 aromatic rings. The number of aromatic carboxylic acids is 2. The predicted molar refractivity (Wildman–Crippen MR) is 79.4 cm³/mol. The van der Waals surface area contributed by atoms with Gasteiger partial charge in [-0.15, -0.1) is 0 Å².